The zero-order valence-electron chi connectivity index (χ0n) is 20.9. The van der Waals surface area contributed by atoms with Gasteiger partial charge in [0, 0.05) is 13.6 Å². The summed E-state index contributed by atoms with van der Waals surface area (Å²) in [6.07, 6.45) is -1.91. The van der Waals surface area contributed by atoms with Gasteiger partial charge in [0.05, 0.1) is 23.0 Å². The number of benzene rings is 2. The van der Waals surface area contributed by atoms with E-state index in [1.165, 1.54) is 30.5 Å². The van der Waals surface area contributed by atoms with Gasteiger partial charge >= 0.3 is 6.18 Å². The molecule has 1 aliphatic heterocycles. The number of aromatic nitrogens is 4. The summed E-state index contributed by atoms with van der Waals surface area (Å²) < 4.78 is 60.4. The van der Waals surface area contributed by atoms with Gasteiger partial charge in [-0.2, -0.15) is 13.2 Å². The molecule has 2 aromatic carbocycles. The summed E-state index contributed by atoms with van der Waals surface area (Å²) in [7, 11) is 1.67. The number of nitrogens with zero attached hydrogens (tertiary/aromatic N) is 5. The van der Waals surface area contributed by atoms with Crippen molar-refractivity contribution in [3.63, 3.8) is 0 Å². The lowest BCUT2D eigenvalue weighted by Gasteiger charge is -2.30. The van der Waals surface area contributed by atoms with Crippen molar-refractivity contribution in [1.82, 2.24) is 24.6 Å². The zero-order valence-corrected chi connectivity index (χ0v) is 20.9. The maximum atomic E-state index is 14.6. The zero-order chi connectivity index (χ0) is 27.6. The molecule has 2 aromatic heterocycles. The van der Waals surface area contributed by atoms with Crippen LogP contribution in [0.15, 0.2) is 60.8 Å². The molecule has 3 heterocycles. The highest BCUT2D eigenvalue weighted by molar-refractivity contribution is 6.04. The minimum Gasteiger partial charge on any atom is -0.486 e. The Kier molecular flexibility index (Phi) is 7.29. The van der Waals surface area contributed by atoms with Gasteiger partial charge in [-0.1, -0.05) is 12.1 Å². The molecular weight excluding hydrogens is 516 g/mol. The molecular formula is C27H24F4N6O2. The molecule has 1 aliphatic rings. The normalized spacial score (nSPS) is 13.7. The van der Waals surface area contributed by atoms with Gasteiger partial charge in [0.2, 0.25) is 0 Å². The molecule has 0 aliphatic carbocycles. The average molecular weight is 541 g/mol. The van der Waals surface area contributed by atoms with E-state index in [-0.39, 0.29) is 17.9 Å². The lowest BCUT2D eigenvalue weighted by atomic mass is 10.1. The van der Waals surface area contributed by atoms with Crippen molar-refractivity contribution in [2.75, 3.05) is 18.4 Å². The summed E-state index contributed by atoms with van der Waals surface area (Å²) in [4.78, 5) is 19.1. The largest absolute Gasteiger partial charge is 0.486 e. The number of hydrogen-bond acceptors (Lipinski definition) is 6. The summed E-state index contributed by atoms with van der Waals surface area (Å²) in [5.41, 5.74) is 0.748. The van der Waals surface area contributed by atoms with E-state index in [9.17, 15) is 22.4 Å². The van der Waals surface area contributed by atoms with Crippen LogP contribution < -0.4 is 10.1 Å². The number of hydrogen-bond donors (Lipinski definition) is 1. The lowest BCUT2D eigenvalue weighted by Crippen LogP contribution is -2.36. The molecule has 1 saturated heterocycles. The van der Waals surface area contributed by atoms with E-state index in [1.54, 1.807) is 29.8 Å². The number of likely N-dealkylation sites (tertiary alicyclic amines) is 1. The van der Waals surface area contributed by atoms with Crippen LogP contribution in [0.3, 0.4) is 0 Å². The predicted octanol–water partition coefficient (Wildman–Crippen LogP) is 5.07. The third-order valence-electron chi connectivity index (χ3n) is 6.38. The lowest BCUT2D eigenvalue weighted by molar-refractivity contribution is -0.137. The second-order valence-corrected chi connectivity index (χ2v) is 9.14. The Labute approximate surface area is 221 Å². The summed E-state index contributed by atoms with van der Waals surface area (Å²) in [5.74, 6) is -0.372. The molecule has 0 radical (unpaired) electrons. The second-order valence-electron chi connectivity index (χ2n) is 9.14. The number of anilines is 1. The fourth-order valence-corrected chi connectivity index (χ4v) is 4.06. The monoisotopic (exact) mass is 540 g/mol. The third-order valence-corrected chi connectivity index (χ3v) is 6.38. The molecule has 1 fully saturated rings. The van der Waals surface area contributed by atoms with Crippen LogP contribution >= 0.6 is 0 Å². The van der Waals surface area contributed by atoms with Crippen LogP contribution in [0.25, 0.3) is 11.5 Å². The van der Waals surface area contributed by atoms with Crippen molar-refractivity contribution in [2.45, 2.75) is 25.7 Å². The summed E-state index contributed by atoms with van der Waals surface area (Å²) in [6.45, 7) is 2.54. The van der Waals surface area contributed by atoms with Gasteiger partial charge in [-0.05, 0) is 67.5 Å². The molecule has 0 bridgehead atoms. The van der Waals surface area contributed by atoms with Crippen LogP contribution in [0.1, 0.15) is 33.7 Å². The Morgan fingerprint density at radius 1 is 1.08 bits per heavy atom. The van der Waals surface area contributed by atoms with Crippen LogP contribution in [0.2, 0.25) is 0 Å². The molecule has 39 heavy (non-hydrogen) atoms. The fourth-order valence-electron chi connectivity index (χ4n) is 4.06. The van der Waals surface area contributed by atoms with Gasteiger partial charge < -0.3 is 14.6 Å². The van der Waals surface area contributed by atoms with E-state index in [2.05, 4.69) is 25.4 Å². The van der Waals surface area contributed by atoms with Gasteiger partial charge in [0.15, 0.2) is 11.6 Å². The van der Waals surface area contributed by atoms with Gasteiger partial charge in [-0.25, -0.2) is 4.39 Å². The van der Waals surface area contributed by atoms with Crippen LogP contribution in [0.4, 0.5) is 23.2 Å². The molecule has 8 nitrogen and oxygen atoms in total. The Hall–Kier alpha value is -4.32. The van der Waals surface area contributed by atoms with Crippen LogP contribution in [0, 0.1) is 5.82 Å². The third kappa shape index (κ3) is 6.06. The van der Waals surface area contributed by atoms with Gasteiger partial charge in [-0.15, -0.1) is 10.2 Å². The van der Waals surface area contributed by atoms with E-state index in [4.69, 9.17) is 4.74 Å². The van der Waals surface area contributed by atoms with Crippen molar-refractivity contribution in [3.8, 4) is 17.3 Å². The highest BCUT2D eigenvalue weighted by Crippen LogP contribution is 2.31. The number of carbonyl (C=O) groups excluding carboxylic acids is 1. The summed E-state index contributed by atoms with van der Waals surface area (Å²) >= 11 is 0. The van der Waals surface area contributed by atoms with Crippen LogP contribution in [-0.4, -0.2) is 43.6 Å². The number of rotatable bonds is 8. The number of amides is 1. The minimum absolute atomic E-state index is 0.0508. The molecule has 202 valence electrons. The first-order chi connectivity index (χ1) is 18.7. The van der Waals surface area contributed by atoms with E-state index >= 15 is 0 Å². The predicted molar refractivity (Wildman–Crippen MR) is 134 cm³/mol. The van der Waals surface area contributed by atoms with Gasteiger partial charge in [-0.3, -0.25) is 14.7 Å². The molecule has 4 aromatic rings. The molecule has 0 spiro atoms. The maximum Gasteiger partial charge on any atom is 0.416 e. The minimum atomic E-state index is -4.47. The topological polar surface area (TPSA) is 85.2 Å². The summed E-state index contributed by atoms with van der Waals surface area (Å²) in [6, 6.07) is 12.4. The SMILES string of the molecule is Cn1c(COc2cccc(C(F)(F)F)c2)nnc1-c1ccc(NC(=O)c2ccc(CN3CCC3)cc2F)cn1. The quantitative estimate of drug-likeness (QED) is 0.314. The summed E-state index contributed by atoms with van der Waals surface area (Å²) in [5, 5.41) is 10.8. The van der Waals surface area contributed by atoms with E-state index in [0.717, 1.165) is 37.2 Å². The number of nitrogens with one attached hydrogen (secondary N) is 1. The van der Waals surface area contributed by atoms with Crippen molar-refractivity contribution >= 4 is 11.6 Å². The van der Waals surface area contributed by atoms with Crippen LogP contribution in [0.5, 0.6) is 5.75 Å². The molecule has 1 N–H and O–H groups in total. The van der Waals surface area contributed by atoms with E-state index < -0.39 is 23.5 Å². The van der Waals surface area contributed by atoms with E-state index in [0.29, 0.717) is 29.6 Å². The Balaban J connectivity index is 1.21. The van der Waals surface area contributed by atoms with Crippen LogP contribution in [-0.2, 0) is 26.4 Å². The Morgan fingerprint density at radius 3 is 2.56 bits per heavy atom. The number of alkyl halides is 3. The molecule has 12 heteroatoms. The second kappa shape index (κ2) is 10.8. The molecule has 1 amide bonds. The number of pyridine rings is 1. The first kappa shape index (κ1) is 26.3. The standard InChI is InChI=1S/C27H24F4N6O2/c1-36-24(16-39-20-5-2-4-18(13-20)27(29,30)31)34-35-25(36)23-9-7-19(14-32-23)33-26(38)21-8-6-17(12-22(21)28)15-37-10-3-11-37/h2,4-9,12-14H,3,10-11,15-16H2,1H3,(H,33,38). The first-order valence-electron chi connectivity index (χ1n) is 12.1. The number of halogens is 4. The highest BCUT2D eigenvalue weighted by Gasteiger charge is 2.30. The van der Waals surface area contributed by atoms with Crippen molar-refractivity contribution in [2.24, 2.45) is 7.05 Å². The maximum absolute atomic E-state index is 14.6. The number of carbonyl (C=O) groups is 1. The molecule has 5 rings (SSSR count). The smallest absolute Gasteiger partial charge is 0.416 e. The highest BCUT2D eigenvalue weighted by atomic mass is 19.4. The molecule has 0 atom stereocenters. The van der Waals surface area contributed by atoms with Crippen molar-refractivity contribution in [3.05, 3.63) is 89.1 Å². The first-order valence-corrected chi connectivity index (χ1v) is 12.1. The Morgan fingerprint density at radius 2 is 1.90 bits per heavy atom. The Bertz CT molecular complexity index is 1480. The number of ether oxygens (including phenoxy) is 1. The van der Waals surface area contributed by atoms with Crippen molar-refractivity contribution in [1.29, 1.82) is 0 Å². The molecule has 0 unspecified atom stereocenters. The van der Waals surface area contributed by atoms with Gasteiger partial charge in [0.25, 0.3) is 5.91 Å². The average Bonchev–Trinajstić information content (AvgIpc) is 3.25. The van der Waals surface area contributed by atoms with Crippen molar-refractivity contribution < 1.29 is 27.1 Å². The fraction of sp³-hybridized carbons (Fsp3) is 0.259. The van der Waals surface area contributed by atoms with E-state index in [1.807, 2.05) is 0 Å². The molecule has 0 saturated carbocycles. The van der Waals surface area contributed by atoms with Gasteiger partial charge in [0.1, 0.15) is 23.9 Å².